The van der Waals surface area contributed by atoms with Crippen molar-refractivity contribution < 1.29 is 65.0 Å². The normalized spacial score (nSPS) is 15.8. The van der Waals surface area contributed by atoms with Crippen molar-refractivity contribution in [3.8, 4) is 22.0 Å². The number of carbonyl (C=O) groups excluding carboxylic acids is 3. The predicted molar refractivity (Wildman–Crippen MR) is 196 cm³/mol. The topological polar surface area (TPSA) is 216 Å². The summed E-state index contributed by atoms with van der Waals surface area (Å²) < 4.78 is 85.5. The minimum Gasteiger partial charge on any atom is -0.432 e. The highest BCUT2D eigenvalue weighted by molar-refractivity contribution is 7.48. The lowest BCUT2D eigenvalue weighted by molar-refractivity contribution is -0.0493. The third-order valence-corrected chi connectivity index (χ3v) is 10.0. The van der Waals surface area contributed by atoms with Gasteiger partial charge in [-0.2, -0.15) is 14.6 Å². The lowest BCUT2D eigenvalue weighted by Crippen LogP contribution is -2.24. The molecule has 1 saturated carbocycles. The van der Waals surface area contributed by atoms with Gasteiger partial charge < -0.3 is 29.0 Å². The zero-order valence-corrected chi connectivity index (χ0v) is 33.3. The van der Waals surface area contributed by atoms with Gasteiger partial charge in [0.1, 0.15) is 22.1 Å². The second kappa shape index (κ2) is 20.0. The molecule has 0 spiro atoms. The van der Waals surface area contributed by atoms with Gasteiger partial charge in [0.25, 0.3) is 5.91 Å². The predicted octanol–water partition coefficient (Wildman–Crippen LogP) is 7.47. The van der Waals surface area contributed by atoms with Crippen molar-refractivity contribution in [3.63, 3.8) is 0 Å². The number of ether oxygens (including phenoxy) is 5. The van der Waals surface area contributed by atoms with Crippen LogP contribution in [0, 0.1) is 11.8 Å². The maximum Gasteiger partial charge on any atom is 0.510 e. The number of nitrogens with zero attached hydrogens (tertiary/aromatic N) is 6. The second-order valence-corrected chi connectivity index (χ2v) is 15.3. The zero-order chi connectivity index (χ0) is 41.1. The quantitative estimate of drug-likeness (QED) is 0.0445. The number of carbonyl (C=O) groups is 3. The molecular formula is C34H42F2N7O12PS. The van der Waals surface area contributed by atoms with Crippen molar-refractivity contribution in [2.75, 3.05) is 25.5 Å². The summed E-state index contributed by atoms with van der Waals surface area (Å²) in [4.78, 5) is 45.0. The maximum absolute atomic E-state index is 14.9. The number of phosphoric acid groups is 1. The molecule has 4 aromatic rings. The Bertz CT molecular complexity index is 2000. The van der Waals surface area contributed by atoms with Crippen LogP contribution >= 0.6 is 19.2 Å². The van der Waals surface area contributed by atoms with E-state index < -0.39 is 70.3 Å². The maximum atomic E-state index is 14.9. The van der Waals surface area contributed by atoms with Crippen LogP contribution in [-0.4, -0.2) is 86.3 Å². The van der Waals surface area contributed by atoms with Crippen LogP contribution in [0.2, 0.25) is 0 Å². The standard InChI is InChI=1S/C34H42F2N7O12PS/c1-6-48-24-9-7-23(8-10-24)43-15-26(30(41-43)29-25(35)11-12-28(36)40-29)38-31(44)27-16-57-32(39-27)22-13-37-42(14-22)17-51-56(47,52-18-49-33(45)54-20(2)3)53-19-50-34(46)55-21(4)5/h11-16,20-21,23-24H,6-10,17-19H2,1-5H3,(H,38,44). The third kappa shape index (κ3) is 12.6. The van der Waals surface area contributed by atoms with Crippen molar-refractivity contribution in [2.45, 2.75) is 91.4 Å². The Labute approximate surface area is 329 Å². The molecule has 1 N–H and O–H groups in total. The van der Waals surface area contributed by atoms with Crippen LogP contribution in [-0.2, 0) is 48.6 Å². The summed E-state index contributed by atoms with van der Waals surface area (Å²) in [5.41, 5.74) is 0.144. The number of aromatic nitrogens is 6. The molecule has 310 valence electrons. The summed E-state index contributed by atoms with van der Waals surface area (Å²) in [6.45, 7) is 6.57. The highest BCUT2D eigenvalue weighted by Crippen LogP contribution is 2.49. The molecule has 1 aliphatic carbocycles. The number of hydrogen-bond donors (Lipinski definition) is 1. The van der Waals surface area contributed by atoms with Gasteiger partial charge in [-0.3, -0.25) is 14.0 Å². The van der Waals surface area contributed by atoms with E-state index in [2.05, 4.69) is 25.5 Å². The molecule has 23 heteroatoms. The van der Waals surface area contributed by atoms with Crippen molar-refractivity contribution >= 4 is 43.1 Å². The minimum atomic E-state index is -4.57. The van der Waals surface area contributed by atoms with Gasteiger partial charge in [0, 0.05) is 29.9 Å². The molecule has 4 aromatic heterocycles. The van der Waals surface area contributed by atoms with E-state index >= 15 is 0 Å². The van der Waals surface area contributed by atoms with E-state index in [1.165, 1.54) is 22.5 Å². The number of pyridine rings is 1. The van der Waals surface area contributed by atoms with Crippen molar-refractivity contribution in [2.24, 2.45) is 0 Å². The van der Waals surface area contributed by atoms with Crippen LogP contribution in [0.3, 0.4) is 0 Å². The van der Waals surface area contributed by atoms with E-state index in [-0.39, 0.29) is 34.9 Å². The Morgan fingerprint density at radius 3 is 2.23 bits per heavy atom. The molecule has 1 fully saturated rings. The van der Waals surface area contributed by atoms with Crippen LogP contribution in [0.15, 0.2) is 36.1 Å². The summed E-state index contributed by atoms with van der Waals surface area (Å²) >= 11 is 1.11. The summed E-state index contributed by atoms with van der Waals surface area (Å²) in [5.74, 6) is -2.38. The molecule has 1 aliphatic rings. The van der Waals surface area contributed by atoms with Gasteiger partial charge in [-0.25, -0.2) is 42.2 Å². The van der Waals surface area contributed by atoms with Gasteiger partial charge in [-0.15, -0.1) is 11.3 Å². The highest BCUT2D eigenvalue weighted by atomic mass is 32.1. The largest absolute Gasteiger partial charge is 0.510 e. The molecule has 0 saturated heterocycles. The van der Waals surface area contributed by atoms with Crippen LogP contribution in [0.1, 0.15) is 76.8 Å². The molecule has 0 radical (unpaired) electrons. The number of halogens is 2. The Hall–Kier alpha value is -4.86. The molecule has 0 aromatic carbocycles. The number of nitrogens with one attached hydrogen (secondary N) is 1. The molecule has 5 rings (SSSR count). The van der Waals surface area contributed by atoms with Crippen molar-refractivity contribution in [1.29, 1.82) is 0 Å². The van der Waals surface area contributed by atoms with Gasteiger partial charge in [-0.05, 0) is 72.4 Å². The van der Waals surface area contributed by atoms with Gasteiger partial charge in [-0.1, -0.05) is 0 Å². The zero-order valence-electron chi connectivity index (χ0n) is 31.6. The first-order chi connectivity index (χ1) is 27.2. The number of thiazole rings is 1. The van der Waals surface area contributed by atoms with Crippen LogP contribution in [0.25, 0.3) is 22.0 Å². The molecule has 1 amide bonds. The average molecular weight is 842 g/mol. The Morgan fingerprint density at radius 2 is 1.60 bits per heavy atom. The second-order valence-electron chi connectivity index (χ2n) is 12.8. The molecule has 57 heavy (non-hydrogen) atoms. The Morgan fingerprint density at radius 1 is 0.930 bits per heavy atom. The Balaban J connectivity index is 1.25. The van der Waals surface area contributed by atoms with E-state index in [1.807, 2.05) is 6.92 Å². The highest BCUT2D eigenvalue weighted by Gasteiger charge is 2.30. The molecule has 0 bridgehead atoms. The Kier molecular flexibility index (Phi) is 15.2. The smallest absolute Gasteiger partial charge is 0.432 e. The fourth-order valence-electron chi connectivity index (χ4n) is 5.36. The first-order valence-electron chi connectivity index (χ1n) is 17.7. The van der Waals surface area contributed by atoms with E-state index in [0.29, 0.717) is 17.2 Å². The fourth-order valence-corrected chi connectivity index (χ4v) is 6.98. The van der Waals surface area contributed by atoms with Gasteiger partial charge in [0.2, 0.25) is 19.5 Å². The van der Waals surface area contributed by atoms with E-state index in [9.17, 15) is 27.7 Å². The van der Waals surface area contributed by atoms with E-state index in [1.54, 1.807) is 38.6 Å². The summed E-state index contributed by atoms with van der Waals surface area (Å²) in [7, 11) is -4.57. The molecule has 19 nitrogen and oxygen atoms in total. The SMILES string of the molecule is CCOC1CCC(n2cc(NC(=O)c3csc(-c4cnn(COP(=O)(OCOC(=O)OC(C)C)OCOC(=O)OC(C)C)c4)n3)c(-c3nc(F)ccc3F)n2)CC1. The molecule has 4 heterocycles. The number of phosphoric ester groups is 1. The minimum absolute atomic E-state index is 0.000819. The van der Waals surface area contributed by atoms with Gasteiger partial charge in [0.15, 0.2) is 12.5 Å². The first-order valence-corrected chi connectivity index (χ1v) is 20.1. The average Bonchev–Trinajstić information content (AvgIpc) is 3.92. The van der Waals surface area contributed by atoms with Gasteiger partial charge >= 0.3 is 20.1 Å². The molecular weight excluding hydrogens is 799 g/mol. The lowest BCUT2D eigenvalue weighted by Gasteiger charge is -2.28. The fraction of sp³-hybridized carbons (Fsp3) is 0.500. The summed E-state index contributed by atoms with van der Waals surface area (Å²) in [5, 5.41) is 13.3. The van der Waals surface area contributed by atoms with E-state index in [4.69, 9.17) is 37.3 Å². The van der Waals surface area contributed by atoms with Crippen molar-refractivity contribution in [1.82, 2.24) is 29.5 Å². The summed E-state index contributed by atoms with van der Waals surface area (Å²) in [6, 6.07) is 1.76. The number of hydrogen-bond acceptors (Lipinski definition) is 17. The number of amides is 1. The van der Waals surface area contributed by atoms with Crippen LogP contribution in [0.5, 0.6) is 0 Å². The third-order valence-electron chi connectivity index (χ3n) is 7.84. The van der Waals surface area contributed by atoms with Crippen molar-refractivity contribution in [3.05, 3.63) is 53.6 Å². The lowest BCUT2D eigenvalue weighted by atomic mass is 9.93. The summed E-state index contributed by atoms with van der Waals surface area (Å²) in [6.07, 6.45) is 4.41. The van der Waals surface area contributed by atoms with Crippen LogP contribution in [0.4, 0.5) is 24.1 Å². The van der Waals surface area contributed by atoms with Crippen LogP contribution < -0.4 is 5.32 Å². The van der Waals surface area contributed by atoms with Gasteiger partial charge in [0.05, 0.1) is 36.2 Å². The molecule has 0 unspecified atom stereocenters. The monoisotopic (exact) mass is 841 g/mol. The molecule has 0 atom stereocenters. The number of rotatable bonds is 18. The molecule has 0 aliphatic heterocycles. The van der Waals surface area contributed by atoms with E-state index in [0.717, 1.165) is 49.2 Å². The number of anilines is 1. The first kappa shape index (κ1) is 43.3.